The molecule has 0 bridgehead atoms. The smallest absolute Gasteiger partial charge is 0.496 e. The summed E-state index contributed by atoms with van der Waals surface area (Å²) in [6.45, 7) is 1.88. The fraction of sp³-hybridized carbons (Fsp3) is 0.462. The standard InChI is InChI=1S/C13H16F3NO4.ClH/c1-3-20-12(18)7-10(17)9-5-4-8(6-11(9)19-2)21-13(14,15)16;/h4-6,10H,3,7,17H2,1-2H3;1H/t10-;/m1./s1. The zero-order valence-corrected chi connectivity index (χ0v) is 12.8. The summed E-state index contributed by atoms with van der Waals surface area (Å²) in [5, 5.41) is 0. The molecule has 0 aliphatic rings. The third-order valence-corrected chi connectivity index (χ3v) is 2.53. The van der Waals surface area contributed by atoms with Crippen LogP contribution in [0.2, 0.25) is 0 Å². The topological polar surface area (TPSA) is 70.8 Å². The average molecular weight is 344 g/mol. The summed E-state index contributed by atoms with van der Waals surface area (Å²) >= 11 is 0. The van der Waals surface area contributed by atoms with Crippen LogP contribution >= 0.6 is 12.4 Å². The summed E-state index contributed by atoms with van der Waals surface area (Å²) < 4.78 is 50.0. The third kappa shape index (κ3) is 6.40. The van der Waals surface area contributed by atoms with Gasteiger partial charge in [0.2, 0.25) is 0 Å². The van der Waals surface area contributed by atoms with Crippen molar-refractivity contribution in [2.45, 2.75) is 25.7 Å². The van der Waals surface area contributed by atoms with Crippen molar-refractivity contribution in [3.63, 3.8) is 0 Å². The number of hydrogen-bond donors (Lipinski definition) is 1. The van der Waals surface area contributed by atoms with E-state index in [0.717, 1.165) is 12.1 Å². The third-order valence-electron chi connectivity index (χ3n) is 2.53. The van der Waals surface area contributed by atoms with E-state index in [4.69, 9.17) is 15.2 Å². The normalized spacial score (nSPS) is 12.1. The highest BCUT2D eigenvalue weighted by Gasteiger charge is 2.31. The maximum absolute atomic E-state index is 12.1. The Morgan fingerprint density at radius 1 is 1.36 bits per heavy atom. The number of halogens is 4. The molecule has 0 aliphatic heterocycles. The fourth-order valence-electron chi connectivity index (χ4n) is 1.70. The molecule has 0 heterocycles. The van der Waals surface area contributed by atoms with Gasteiger partial charge in [0.05, 0.1) is 20.1 Å². The lowest BCUT2D eigenvalue weighted by Gasteiger charge is -2.17. The van der Waals surface area contributed by atoms with Crippen molar-refractivity contribution < 1.29 is 32.2 Å². The van der Waals surface area contributed by atoms with Crippen LogP contribution in [0.1, 0.15) is 24.9 Å². The largest absolute Gasteiger partial charge is 0.573 e. The predicted molar refractivity (Wildman–Crippen MR) is 75.1 cm³/mol. The van der Waals surface area contributed by atoms with Crippen molar-refractivity contribution in [3.8, 4) is 11.5 Å². The monoisotopic (exact) mass is 343 g/mol. The second-order valence-electron chi connectivity index (χ2n) is 4.07. The minimum absolute atomic E-state index is 0. The number of methoxy groups -OCH3 is 1. The van der Waals surface area contributed by atoms with Gasteiger partial charge in [-0.3, -0.25) is 4.79 Å². The van der Waals surface area contributed by atoms with Gasteiger partial charge in [-0.1, -0.05) is 6.07 Å². The van der Waals surface area contributed by atoms with Crippen LogP contribution in [0.4, 0.5) is 13.2 Å². The Balaban J connectivity index is 0.00000441. The highest BCUT2D eigenvalue weighted by Crippen LogP contribution is 2.32. The summed E-state index contributed by atoms with van der Waals surface area (Å²) in [6.07, 6.45) is -4.90. The van der Waals surface area contributed by atoms with E-state index in [1.807, 2.05) is 0 Å². The molecular weight excluding hydrogens is 327 g/mol. The van der Waals surface area contributed by atoms with Crippen LogP contribution in [0.25, 0.3) is 0 Å². The molecule has 0 aromatic heterocycles. The molecule has 0 unspecified atom stereocenters. The van der Waals surface area contributed by atoms with Crippen LogP contribution in [0, 0.1) is 0 Å². The van der Waals surface area contributed by atoms with Crippen molar-refractivity contribution in [1.82, 2.24) is 0 Å². The van der Waals surface area contributed by atoms with E-state index in [1.54, 1.807) is 6.92 Å². The van der Waals surface area contributed by atoms with Crippen LogP contribution < -0.4 is 15.2 Å². The van der Waals surface area contributed by atoms with Gasteiger partial charge in [0, 0.05) is 17.7 Å². The van der Waals surface area contributed by atoms with Gasteiger partial charge in [0.25, 0.3) is 0 Å². The van der Waals surface area contributed by atoms with E-state index in [1.165, 1.54) is 13.2 Å². The minimum Gasteiger partial charge on any atom is -0.496 e. The highest BCUT2D eigenvalue weighted by atomic mass is 35.5. The zero-order chi connectivity index (χ0) is 16.0. The van der Waals surface area contributed by atoms with Crippen molar-refractivity contribution in [2.75, 3.05) is 13.7 Å². The summed E-state index contributed by atoms with van der Waals surface area (Å²) in [5.41, 5.74) is 6.22. The van der Waals surface area contributed by atoms with Gasteiger partial charge in [-0.2, -0.15) is 0 Å². The molecule has 1 aromatic rings. The minimum atomic E-state index is -4.79. The number of carbonyl (C=O) groups is 1. The molecule has 1 aromatic carbocycles. The molecule has 126 valence electrons. The molecule has 22 heavy (non-hydrogen) atoms. The Morgan fingerprint density at radius 2 is 2.00 bits per heavy atom. The molecule has 5 nitrogen and oxygen atoms in total. The molecule has 0 aliphatic carbocycles. The Morgan fingerprint density at radius 3 is 2.50 bits per heavy atom. The van der Waals surface area contributed by atoms with Crippen LogP contribution in [0.15, 0.2) is 18.2 Å². The van der Waals surface area contributed by atoms with Gasteiger partial charge in [0.15, 0.2) is 0 Å². The molecule has 9 heteroatoms. The van der Waals surface area contributed by atoms with Crippen molar-refractivity contribution in [2.24, 2.45) is 5.73 Å². The first-order chi connectivity index (χ1) is 9.76. The SMILES string of the molecule is CCOC(=O)C[C@@H](N)c1ccc(OC(F)(F)F)cc1OC.Cl. The molecule has 0 fully saturated rings. The lowest BCUT2D eigenvalue weighted by Crippen LogP contribution is -2.19. The zero-order valence-electron chi connectivity index (χ0n) is 12.0. The van der Waals surface area contributed by atoms with Gasteiger partial charge in [0.1, 0.15) is 11.5 Å². The van der Waals surface area contributed by atoms with Gasteiger partial charge < -0.3 is 19.9 Å². The van der Waals surface area contributed by atoms with E-state index in [9.17, 15) is 18.0 Å². The van der Waals surface area contributed by atoms with E-state index in [0.29, 0.717) is 5.56 Å². The molecule has 0 amide bonds. The molecular formula is C13H17ClF3NO4. The molecule has 1 atom stereocenters. The number of alkyl halides is 3. The molecule has 0 spiro atoms. The number of ether oxygens (including phenoxy) is 3. The van der Waals surface area contributed by atoms with Crippen LogP contribution in [-0.4, -0.2) is 26.0 Å². The van der Waals surface area contributed by atoms with Gasteiger partial charge in [-0.15, -0.1) is 25.6 Å². The van der Waals surface area contributed by atoms with Crippen LogP contribution in [0.3, 0.4) is 0 Å². The maximum Gasteiger partial charge on any atom is 0.573 e. The number of benzene rings is 1. The molecule has 0 radical (unpaired) electrons. The molecule has 0 saturated carbocycles. The second kappa shape index (κ2) is 8.70. The van der Waals surface area contributed by atoms with Gasteiger partial charge in [-0.25, -0.2) is 0 Å². The molecule has 2 N–H and O–H groups in total. The van der Waals surface area contributed by atoms with Crippen molar-refractivity contribution in [3.05, 3.63) is 23.8 Å². The lowest BCUT2D eigenvalue weighted by molar-refractivity contribution is -0.274. The first kappa shape index (κ1) is 20.3. The molecule has 1 rings (SSSR count). The van der Waals surface area contributed by atoms with Crippen molar-refractivity contribution in [1.29, 1.82) is 0 Å². The Hall–Kier alpha value is -1.67. The van der Waals surface area contributed by atoms with E-state index >= 15 is 0 Å². The van der Waals surface area contributed by atoms with Crippen LogP contribution in [0.5, 0.6) is 11.5 Å². The number of hydrogen-bond acceptors (Lipinski definition) is 5. The first-order valence-corrected chi connectivity index (χ1v) is 6.11. The quantitative estimate of drug-likeness (QED) is 0.804. The van der Waals surface area contributed by atoms with Gasteiger partial charge in [-0.05, 0) is 13.0 Å². The second-order valence-corrected chi connectivity index (χ2v) is 4.07. The average Bonchev–Trinajstić information content (AvgIpc) is 2.36. The maximum atomic E-state index is 12.1. The van der Waals surface area contributed by atoms with Gasteiger partial charge >= 0.3 is 12.3 Å². The Labute approximate surface area is 131 Å². The number of nitrogens with two attached hydrogens (primary N) is 1. The summed E-state index contributed by atoms with van der Waals surface area (Å²) in [4.78, 5) is 11.4. The number of esters is 1. The van der Waals surface area contributed by atoms with E-state index in [-0.39, 0.29) is 31.2 Å². The summed E-state index contributed by atoms with van der Waals surface area (Å²) in [5.74, 6) is -0.817. The molecule has 0 saturated heterocycles. The Bertz CT molecular complexity index is 497. The highest BCUT2D eigenvalue weighted by molar-refractivity contribution is 5.85. The predicted octanol–water partition coefficient (Wildman–Crippen LogP) is 2.97. The number of carbonyl (C=O) groups excluding carboxylic acids is 1. The van der Waals surface area contributed by atoms with E-state index < -0.39 is 24.1 Å². The first-order valence-electron chi connectivity index (χ1n) is 6.11. The summed E-state index contributed by atoms with van der Waals surface area (Å²) in [6, 6.07) is 2.74. The van der Waals surface area contributed by atoms with E-state index in [2.05, 4.69) is 4.74 Å². The fourth-order valence-corrected chi connectivity index (χ4v) is 1.70. The lowest BCUT2D eigenvalue weighted by atomic mass is 10.0. The van der Waals surface area contributed by atoms with Crippen molar-refractivity contribution >= 4 is 18.4 Å². The van der Waals surface area contributed by atoms with Crippen LogP contribution in [-0.2, 0) is 9.53 Å². The number of rotatable bonds is 6. The summed E-state index contributed by atoms with van der Waals surface area (Å²) in [7, 11) is 1.29. The Kier molecular flexibility index (Phi) is 8.04.